The highest BCUT2D eigenvalue weighted by Crippen LogP contribution is 2.70. The van der Waals surface area contributed by atoms with E-state index in [1.54, 1.807) is 25.2 Å². The van der Waals surface area contributed by atoms with E-state index < -0.39 is 52.9 Å². The quantitative estimate of drug-likeness (QED) is 0.314. The largest absolute Gasteiger partial charge is 0.502 e. The first-order valence-electron chi connectivity index (χ1n) is 14.5. The maximum absolute atomic E-state index is 13.2. The van der Waals surface area contributed by atoms with Crippen molar-refractivity contribution in [1.29, 1.82) is 0 Å². The molecule has 41 heavy (non-hydrogen) atoms. The number of hydrogen-bond acceptors (Lipinski definition) is 9. The van der Waals surface area contributed by atoms with E-state index in [4.69, 9.17) is 21.1 Å². The molecule has 5 rings (SSSR count). The van der Waals surface area contributed by atoms with Crippen LogP contribution in [0, 0.1) is 39.9 Å². The Hall–Kier alpha value is -2.33. The summed E-state index contributed by atoms with van der Waals surface area (Å²) in [5.41, 5.74) is -0.504. The SMILES string of the molecule is CNc1ccc(Cl)cc1C(=O)OC[C@@]1(C)C2CC[C@@]3(C)C(C[C@@H](O)[C@@H](C)[C@@H]3C3=C(O)C(=O)OC3O)[C@]2(C)CC[C@@H]1O. The lowest BCUT2D eigenvalue weighted by Gasteiger charge is -2.68. The van der Waals surface area contributed by atoms with E-state index >= 15 is 0 Å². The predicted octanol–water partition coefficient (Wildman–Crippen LogP) is 4.44. The highest BCUT2D eigenvalue weighted by atomic mass is 35.5. The average Bonchev–Trinajstić information content (AvgIpc) is 3.17. The number of halogens is 1. The normalized spacial score (nSPS) is 42.3. The number of hydrogen-bond donors (Lipinski definition) is 5. The fraction of sp³-hybridized carbons (Fsp3) is 0.677. The molecular weight excluding hydrogens is 550 g/mol. The molecule has 0 bridgehead atoms. The zero-order chi connectivity index (χ0) is 30.1. The molecule has 5 N–H and O–H groups in total. The summed E-state index contributed by atoms with van der Waals surface area (Å²) in [7, 11) is 1.71. The second-order valence-corrected chi connectivity index (χ2v) is 13.9. The Kier molecular flexibility index (Phi) is 7.67. The van der Waals surface area contributed by atoms with Crippen LogP contribution >= 0.6 is 11.6 Å². The van der Waals surface area contributed by atoms with Crippen molar-refractivity contribution in [3.8, 4) is 0 Å². The molecule has 9 nitrogen and oxygen atoms in total. The molecule has 0 radical (unpaired) electrons. The van der Waals surface area contributed by atoms with Gasteiger partial charge in [0, 0.05) is 29.1 Å². The Morgan fingerprint density at radius 1 is 1.12 bits per heavy atom. The Bertz CT molecular complexity index is 1270. The second-order valence-electron chi connectivity index (χ2n) is 13.4. The first kappa shape index (κ1) is 30.1. The van der Waals surface area contributed by atoms with E-state index in [0.717, 1.165) is 0 Å². The number of carbonyl (C=O) groups excluding carboxylic acids is 2. The number of carbonyl (C=O) groups is 2. The van der Waals surface area contributed by atoms with Crippen LogP contribution in [0.25, 0.3) is 0 Å². The van der Waals surface area contributed by atoms with Crippen LogP contribution in [-0.2, 0) is 14.3 Å². The molecule has 1 aliphatic heterocycles. The summed E-state index contributed by atoms with van der Waals surface area (Å²) >= 11 is 6.15. The van der Waals surface area contributed by atoms with Gasteiger partial charge in [-0.15, -0.1) is 0 Å². The molecule has 1 aromatic carbocycles. The minimum absolute atomic E-state index is 0.0156. The Morgan fingerprint density at radius 3 is 2.44 bits per heavy atom. The number of fused-ring (bicyclic) bond motifs is 3. The number of benzene rings is 1. The van der Waals surface area contributed by atoms with Crippen LogP contribution in [0.1, 0.15) is 70.2 Å². The van der Waals surface area contributed by atoms with Crippen LogP contribution in [-0.4, -0.2) is 64.5 Å². The highest BCUT2D eigenvalue weighted by Gasteiger charge is 2.67. The van der Waals surface area contributed by atoms with Crippen molar-refractivity contribution in [1.82, 2.24) is 0 Å². The van der Waals surface area contributed by atoms with Crippen LogP contribution in [0.5, 0.6) is 0 Å². The van der Waals surface area contributed by atoms with Crippen molar-refractivity contribution in [2.24, 2.45) is 39.9 Å². The van der Waals surface area contributed by atoms with Crippen LogP contribution in [0.2, 0.25) is 5.02 Å². The molecule has 226 valence electrons. The van der Waals surface area contributed by atoms with Crippen LogP contribution < -0.4 is 5.32 Å². The standard InChI is InChI=1S/C31H42ClNO8/c1-15-19(34)13-21-29(2)11-9-22(35)31(4,14-40-26(37)17-12-16(32)6-7-18(17)33-5)20(29)8-10-30(21,3)24(15)23-25(36)28(39)41-27(23)38/h6-7,12,15,19-22,24,27,33-36,38H,8-11,13-14H2,1-5H3/t15-,19-,20?,21?,22+,24-,27?,29-,30+,31+/m1/s1. The van der Waals surface area contributed by atoms with E-state index in [1.165, 1.54) is 0 Å². The molecule has 0 spiro atoms. The third-order valence-electron chi connectivity index (χ3n) is 11.5. The summed E-state index contributed by atoms with van der Waals surface area (Å²) in [4.78, 5) is 25.4. The minimum atomic E-state index is -1.55. The number of aliphatic hydroxyl groups excluding tert-OH is 4. The lowest BCUT2D eigenvalue weighted by atomic mass is 9.37. The summed E-state index contributed by atoms with van der Waals surface area (Å²) in [6.07, 6.45) is 0.125. The molecule has 10 atom stereocenters. The van der Waals surface area contributed by atoms with Gasteiger partial charge in [0.2, 0.25) is 12.0 Å². The monoisotopic (exact) mass is 591 g/mol. The summed E-state index contributed by atoms with van der Waals surface area (Å²) in [6, 6.07) is 4.97. The van der Waals surface area contributed by atoms with Gasteiger partial charge in [-0.25, -0.2) is 9.59 Å². The fourth-order valence-electron chi connectivity index (χ4n) is 9.38. The molecule has 0 saturated heterocycles. The van der Waals surface area contributed by atoms with Crippen LogP contribution in [0.15, 0.2) is 29.5 Å². The Labute approximate surface area is 245 Å². The van der Waals surface area contributed by atoms with Crippen molar-refractivity contribution in [2.75, 3.05) is 19.0 Å². The number of esters is 2. The summed E-state index contributed by atoms with van der Waals surface area (Å²) in [5.74, 6) is -2.93. The van der Waals surface area contributed by atoms with Gasteiger partial charge in [0.15, 0.2) is 0 Å². The number of cyclic esters (lactones) is 1. The molecule has 0 amide bonds. The van der Waals surface area contributed by atoms with Gasteiger partial charge in [-0.3, -0.25) is 0 Å². The third kappa shape index (κ3) is 4.55. The maximum Gasteiger partial charge on any atom is 0.376 e. The lowest BCUT2D eigenvalue weighted by molar-refractivity contribution is -0.224. The van der Waals surface area contributed by atoms with E-state index in [0.29, 0.717) is 48.4 Å². The number of ether oxygens (including phenoxy) is 2. The fourth-order valence-corrected chi connectivity index (χ4v) is 9.55. The highest BCUT2D eigenvalue weighted by molar-refractivity contribution is 6.31. The van der Waals surface area contributed by atoms with Gasteiger partial charge >= 0.3 is 11.9 Å². The third-order valence-corrected chi connectivity index (χ3v) is 11.7. The van der Waals surface area contributed by atoms with Gasteiger partial charge in [-0.2, -0.15) is 0 Å². The van der Waals surface area contributed by atoms with E-state index in [9.17, 15) is 30.0 Å². The molecule has 0 aromatic heterocycles. The van der Waals surface area contributed by atoms with E-state index in [2.05, 4.69) is 19.2 Å². The topological polar surface area (TPSA) is 146 Å². The molecule has 10 heteroatoms. The molecule has 3 saturated carbocycles. The van der Waals surface area contributed by atoms with Crippen molar-refractivity contribution >= 4 is 29.2 Å². The number of anilines is 1. The molecule has 1 heterocycles. The van der Waals surface area contributed by atoms with E-state index in [1.807, 2.05) is 13.8 Å². The van der Waals surface area contributed by atoms with Gasteiger partial charge in [-0.1, -0.05) is 39.3 Å². The number of rotatable bonds is 5. The summed E-state index contributed by atoms with van der Waals surface area (Å²) in [5, 5.41) is 47.4. The average molecular weight is 592 g/mol. The molecule has 3 fully saturated rings. The Balaban J connectivity index is 1.47. The minimum Gasteiger partial charge on any atom is -0.502 e. The van der Waals surface area contributed by atoms with Gasteiger partial charge in [0.05, 0.1) is 30.0 Å². The number of nitrogens with one attached hydrogen (secondary N) is 1. The Morgan fingerprint density at radius 2 is 1.80 bits per heavy atom. The second kappa shape index (κ2) is 10.4. The van der Waals surface area contributed by atoms with Gasteiger partial charge < -0.3 is 35.2 Å². The van der Waals surface area contributed by atoms with Crippen molar-refractivity contribution in [2.45, 2.75) is 78.3 Å². The van der Waals surface area contributed by atoms with Gasteiger partial charge in [-0.05, 0) is 78.9 Å². The summed E-state index contributed by atoms with van der Waals surface area (Å²) in [6.45, 7) is 8.21. The van der Waals surface area contributed by atoms with Crippen molar-refractivity contribution < 1.29 is 39.5 Å². The smallest absolute Gasteiger partial charge is 0.376 e. The molecule has 3 aliphatic carbocycles. The first-order valence-corrected chi connectivity index (χ1v) is 14.9. The van der Waals surface area contributed by atoms with Crippen molar-refractivity contribution in [3.05, 3.63) is 40.1 Å². The molecule has 1 aromatic rings. The first-order chi connectivity index (χ1) is 19.2. The predicted molar refractivity (Wildman–Crippen MR) is 152 cm³/mol. The summed E-state index contributed by atoms with van der Waals surface area (Å²) < 4.78 is 10.9. The molecular formula is C31H42ClNO8. The van der Waals surface area contributed by atoms with Gasteiger partial charge in [0.25, 0.3) is 0 Å². The van der Waals surface area contributed by atoms with Crippen molar-refractivity contribution in [3.63, 3.8) is 0 Å². The van der Waals surface area contributed by atoms with Gasteiger partial charge in [0.1, 0.15) is 0 Å². The maximum atomic E-state index is 13.2. The lowest BCUT2D eigenvalue weighted by Crippen LogP contribution is -2.65. The van der Waals surface area contributed by atoms with Crippen LogP contribution in [0.4, 0.5) is 5.69 Å². The zero-order valence-electron chi connectivity index (χ0n) is 24.3. The molecule has 4 aliphatic rings. The van der Waals surface area contributed by atoms with E-state index in [-0.39, 0.29) is 35.3 Å². The number of aliphatic hydroxyl groups is 4. The zero-order valence-corrected chi connectivity index (χ0v) is 25.1. The molecule has 3 unspecified atom stereocenters. The van der Waals surface area contributed by atoms with Crippen LogP contribution in [0.3, 0.4) is 0 Å².